The van der Waals surface area contributed by atoms with Gasteiger partial charge in [-0.05, 0) is 50.2 Å². The monoisotopic (exact) mass is 440 g/mol. The quantitative estimate of drug-likeness (QED) is 0.598. The van der Waals surface area contributed by atoms with E-state index in [2.05, 4.69) is 15.7 Å². The smallest absolute Gasteiger partial charge is 0.259 e. The van der Waals surface area contributed by atoms with Crippen molar-refractivity contribution < 1.29 is 14.3 Å². The molecule has 7 nitrogen and oxygen atoms in total. The van der Waals surface area contributed by atoms with Crippen LogP contribution in [0.3, 0.4) is 0 Å². The molecule has 1 aromatic heterocycles. The van der Waals surface area contributed by atoms with Crippen LogP contribution in [0.15, 0.2) is 48.7 Å². The van der Waals surface area contributed by atoms with E-state index < -0.39 is 0 Å². The van der Waals surface area contributed by atoms with Crippen LogP contribution in [0.1, 0.15) is 34.8 Å². The van der Waals surface area contributed by atoms with Gasteiger partial charge in [-0.15, -0.1) is 0 Å². The van der Waals surface area contributed by atoms with Crippen molar-refractivity contribution >= 4 is 23.2 Å². The molecule has 0 spiro atoms. The topological polar surface area (TPSA) is 77.4 Å². The zero-order valence-electron chi connectivity index (χ0n) is 17.5. The Labute approximate surface area is 186 Å². The average Bonchev–Trinajstić information content (AvgIpc) is 3.25. The summed E-state index contributed by atoms with van der Waals surface area (Å²) in [6.07, 6.45) is 3.47. The second-order valence-corrected chi connectivity index (χ2v) is 7.76. The summed E-state index contributed by atoms with van der Waals surface area (Å²) in [6.45, 7) is 1.80. The number of nitrogens with one attached hydrogen (secondary N) is 2. The van der Waals surface area contributed by atoms with Crippen molar-refractivity contribution in [2.24, 2.45) is 0 Å². The van der Waals surface area contributed by atoms with E-state index >= 15 is 0 Å². The molecule has 31 heavy (non-hydrogen) atoms. The molecule has 1 fully saturated rings. The Morgan fingerprint density at radius 3 is 2.58 bits per heavy atom. The summed E-state index contributed by atoms with van der Waals surface area (Å²) in [5.74, 6) is 1.12. The summed E-state index contributed by atoms with van der Waals surface area (Å²) < 4.78 is 12.4. The van der Waals surface area contributed by atoms with Gasteiger partial charge in [0.2, 0.25) is 0 Å². The summed E-state index contributed by atoms with van der Waals surface area (Å²) in [7, 11) is 3.14. The molecule has 1 aliphatic rings. The molecule has 0 aliphatic carbocycles. The Kier molecular flexibility index (Phi) is 6.44. The largest absolute Gasteiger partial charge is 0.493 e. The fourth-order valence-electron chi connectivity index (χ4n) is 3.95. The van der Waals surface area contributed by atoms with Gasteiger partial charge in [0, 0.05) is 17.7 Å². The van der Waals surface area contributed by atoms with E-state index in [9.17, 15) is 4.79 Å². The van der Waals surface area contributed by atoms with Crippen molar-refractivity contribution in [3.05, 3.63) is 64.9 Å². The van der Waals surface area contributed by atoms with Gasteiger partial charge in [0.05, 0.1) is 42.4 Å². The van der Waals surface area contributed by atoms with Crippen LogP contribution < -0.4 is 20.1 Å². The minimum Gasteiger partial charge on any atom is -0.493 e. The lowest BCUT2D eigenvalue weighted by molar-refractivity contribution is 0.102. The lowest BCUT2D eigenvalue weighted by Gasteiger charge is -2.25. The minimum absolute atomic E-state index is 0.200. The first kappa shape index (κ1) is 21.2. The molecule has 162 valence electrons. The third-order valence-corrected chi connectivity index (χ3v) is 5.82. The summed E-state index contributed by atoms with van der Waals surface area (Å²) >= 11 is 6.45. The number of amides is 1. The summed E-state index contributed by atoms with van der Waals surface area (Å²) in [4.78, 5) is 13.3. The number of anilines is 1. The average molecular weight is 441 g/mol. The highest BCUT2D eigenvalue weighted by Crippen LogP contribution is 2.33. The Hall–Kier alpha value is -3.03. The number of carbonyl (C=O) groups excluding carboxylic acids is 1. The Morgan fingerprint density at radius 2 is 1.87 bits per heavy atom. The van der Waals surface area contributed by atoms with Crippen LogP contribution in [0.25, 0.3) is 5.69 Å². The maximum absolute atomic E-state index is 13.3. The fraction of sp³-hybridized carbons (Fsp3) is 0.304. The first-order valence-electron chi connectivity index (χ1n) is 10.2. The number of benzene rings is 2. The highest BCUT2D eigenvalue weighted by atomic mass is 35.5. The summed E-state index contributed by atoms with van der Waals surface area (Å²) in [5.41, 5.74) is 2.81. The predicted octanol–water partition coefficient (Wildman–Crippen LogP) is 4.26. The molecule has 0 atom stereocenters. The van der Waals surface area contributed by atoms with Gasteiger partial charge in [0.15, 0.2) is 11.5 Å². The molecule has 0 unspecified atom stereocenters. The van der Waals surface area contributed by atoms with Gasteiger partial charge in [-0.3, -0.25) is 4.79 Å². The third-order valence-electron chi connectivity index (χ3n) is 5.50. The standard InChI is InChI=1S/C23H25ClN4O3/c1-30-20-8-7-16(13-21(20)31-2)27-23(29)17-14-26-28(19-6-4-3-5-18(19)24)22(17)15-9-11-25-12-10-15/h3-8,13-15,25H,9-12H2,1-2H3,(H,27,29). The van der Waals surface area contributed by atoms with Gasteiger partial charge in [-0.2, -0.15) is 5.10 Å². The second kappa shape index (κ2) is 9.41. The lowest BCUT2D eigenvalue weighted by atomic mass is 9.91. The van der Waals surface area contributed by atoms with Crippen molar-refractivity contribution in [2.75, 3.05) is 32.6 Å². The molecule has 0 bridgehead atoms. The third kappa shape index (κ3) is 4.38. The maximum Gasteiger partial charge on any atom is 0.259 e. The van der Waals surface area contributed by atoms with Crippen LogP contribution in [0.5, 0.6) is 11.5 Å². The van der Waals surface area contributed by atoms with Crippen LogP contribution >= 0.6 is 11.6 Å². The SMILES string of the molecule is COc1ccc(NC(=O)c2cnn(-c3ccccc3Cl)c2C2CCNCC2)cc1OC. The number of rotatable bonds is 6. The molecule has 2 heterocycles. The second-order valence-electron chi connectivity index (χ2n) is 7.35. The van der Waals surface area contributed by atoms with Crippen LogP contribution in [0.2, 0.25) is 5.02 Å². The van der Waals surface area contributed by atoms with Crippen LogP contribution in [-0.2, 0) is 0 Å². The van der Waals surface area contributed by atoms with E-state index in [1.807, 2.05) is 28.9 Å². The zero-order valence-corrected chi connectivity index (χ0v) is 18.3. The van der Waals surface area contributed by atoms with Gasteiger partial charge in [0.1, 0.15) is 0 Å². The van der Waals surface area contributed by atoms with E-state index in [1.165, 1.54) is 0 Å². The molecule has 8 heteroatoms. The molecule has 0 radical (unpaired) electrons. The molecule has 3 aromatic rings. The lowest BCUT2D eigenvalue weighted by Crippen LogP contribution is -2.29. The van der Waals surface area contributed by atoms with E-state index in [1.54, 1.807) is 38.6 Å². The molecule has 1 saturated heterocycles. The number of carbonyl (C=O) groups is 1. The molecule has 4 rings (SSSR count). The van der Waals surface area contributed by atoms with Crippen LogP contribution in [0, 0.1) is 0 Å². The Bertz CT molecular complexity index is 1080. The first-order chi connectivity index (χ1) is 15.1. The number of halogens is 1. The molecular formula is C23H25ClN4O3. The van der Waals surface area contributed by atoms with Crippen molar-refractivity contribution in [3.63, 3.8) is 0 Å². The highest BCUT2D eigenvalue weighted by Gasteiger charge is 2.27. The van der Waals surface area contributed by atoms with Crippen molar-refractivity contribution in [1.82, 2.24) is 15.1 Å². The number of methoxy groups -OCH3 is 2. The number of hydrogen-bond donors (Lipinski definition) is 2. The summed E-state index contributed by atoms with van der Waals surface area (Å²) in [6, 6.07) is 12.8. The molecule has 1 amide bonds. The number of nitrogens with zero attached hydrogens (tertiary/aromatic N) is 2. The number of piperidine rings is 1. The van der Waals surface area contributed by atoms with Crippen molar-refractivity contribution in [1.29, 1.82) is 0 Å². The predicted molar refractivity (Wildman–Crippen MR) is 121 cm³/mol. The number of ether oxygens (including phenoxy) is 2. The first-order valence-corrected chi connectivity index (χ1v) is 10.6. The van der Waals surface area contributed by atoms with E-state index in [4.69, 9.17) is 21.1 Å². The van der Waals surface area contributed by atoms with Gasteiger partial charge in [-0.1, -0.05) is 23.7 Å². The van der Waals surface area contributed by atoms with Crippen molar-refractivity contribution in [2.45, 2.75) is 18.8 Å². The molecule has 0 saturated carbocycles. The van der Waals surface area contributed by atoms with E-state index in [0.717, 1.165) is 37.3 Å². The van der Waals surface area contributed by atoms with Gasteiger partial charge in [-0.25, -0.2) is 4.68 Å². The van der Waals surface area contributed by atoms with E-state index in [0.29, 0.717) is 27.8 Å². The summed E-state index contributed by atoms with van der Waals surface area (Å²) in [5, 5.41) is 11.5. The van der Waals surface area contributed by atoms with Gasteiger partial charge in [0.25, 0.3) is 5.91 Å². The van der Waals surface area contributed by atoms with Crippen LogP contribution in [0.4, 0.5) is 5.69 Å². The number of para-hydroxylation sites is 1. The maximum atomic E-state index is 13.3. The Balaban J connectivity index is 1.71. The zero-order chi connectivity index (χ0) is 21.8. The van der Waals surface area contributed by atoms with Crippen molar-refractivity contribution in [3.8, 4) is 17.2 Å². The number of hydrogen-bond acceptors (Lipinski definition) is 5. The van der Waals surface area contributed by atoms with E-state index in [-0.39, 0.29) is 11.8 Å². The number of aromatic nitrogens is 2. The van der Waals surface area contributed by atoms with Gasteiger partial charge < -0.3 is 20.1 Å². The van der Waals surface area contributed by atoms with Crippen LogP contribution in [-0.4, -0.2) is 43.0 Å². The minimum atomic E-state index is -0.223. The Morgan fingerprint density at radius 1 is 1.13 bits per heavy atom. The normalized spacial score (nSPS) is 14.3. The molecule has 2 aromatic carbocycles. The highest BCUT2D eigenvalue weighted by molar-refractivity contribution is 6.32. The molecule has 1 aliphatic heterocycles. The van der Waals surface area contributed by atoms with Gasteiger partial charge >= 0.3 is 0 Å². The molecular weight excluding hydrogens is 416 g/mol. The molecule has 2 N–H and O–H groups in total. The fourth-order valence-corrected chi connectivity index (χ4v) is 4.16.